The molecule has 0 bridgehead atoms. The van der Waals surface area contributed by atoms with Crippen LogP contribution in [0.4, 0.5) is 0 Å². The van der Waals surface area contributed by atoms with Gasteiger partial charge >= 0.3 is 0 Å². The van der Waals surface area contributed by atoms with E-state index >= 15 is 0 Å². The molecule has 0 radical (unpaired) electrons. The van der Waals surface area contributed by atoms with Crippen molar-refractivity contribution in [2.24, 2.45) is 0 Å². The van der Waals surface area contributed by atoms with Gasteiger partial charge in [-0.1, -0.05) is 5.46 Å². The summed E-state index contributed by atoms with van der Waals surface area (Å²) in [6.45, 7) is 0. The van der Waals surface area contributed by atoms with Gasteiger partial charge in [-0.05, 0) is 0 Å². The molecule has 34 valence electrons. The molecule has 0 spiro atoms. The van der Waals surface area contributed by atoms with Crippen LogP contribution in [-0.4, -0.2) is 25.9 Å². The molecular weight excluding hydrogens is 85.7 g/mol. The van der Waals surface area contributed by atoms with Crippen molar-refractivity contribution in [1.82, 2.24) is 10.2 Å². The maximum atomic E-state index is 3.89. The van der Waals surface area contributed by atoms with Crippen molar-refractivity contribution >= 4 is 26.7 Å². The molecule has 0 saturated heterocycles. The Labute approximate surface area is 44.1 Å². The van der Waals surface area contributed by atoms with Gasteiger partial charge in [-0.25, -0.2) is 0 Å². The zero-order chi connectivity index (χ0) is 5.28. The number of nitrogens with zero attached hydrogens (tertiary/aromatic N) is 1. The summed E-state index contributed by atoms with van der Waals surface area (Å²) in [5, 5.41) is 6.64. The van der Waals surface area contributed by atoms with E-state index in [4.69, 9.17) is 0 Å². The minimum absolute atomic E-state index is 1.08. The average Bonchev–Trinajstić information content (AvgIpc) is 1.91. The summed E-state index contributed by atoms with van der Waals surface area (Å²) in [6.07, 6.45) is 1.88. The summed E-state index contributed by atoms with van der Waals surface area (Å²) in [4.78, 5) is 0. The first kappa shape index (κ1) is 4.50. The van der Waals surface area contributed by atoms with Crippen LogP contribution in [0, 0.1) is 0 Å². The van der Waals surface area contributed by atoms with Crippen LogP contribution in [0.1, 0.15) is 0 Å². The summed E-state index contributed by atoms with van der Waals surface area (Å²) in [6, 6.07) is 0. The third kappa shape index (κ3) is 0.683. The first-order chi connectivity index (χ1) is 3.30. The molecule has 0 unspecified atom stereocenters. The molecule has 2 nitrogen and oxygen atoms in total. The van der Waals surface area contributed by atoms with E-state index in [0.717, 1.165) is 5.59 Å². The van der Waals surface area contributed by atoms with Gasteiger partial charge in [-0.15, -0.1) is 0 Å². The lowest BCUT2D eigenvalue weighted by molar-refractivity contribution is 1.11. The molecule has 1 aromatic rings. The molecule has 7 heavy (non-hydrogen) atoms. The molecule has 1 rings (SSSR count). The molecule has 0 aliphatic carbocycles. The normalized spacial score (nSPS) is 9.14. The summed E-state index contributed by atoms with van der Waals surface area (Å²) < 4.78 is 0. The fraction of sp³-hybridized carbons (Fsp3) is 0. The molecule has 0 saturated carbocycles. The van der Waals surface area contributed by atoms with Crippen LogP contribution >= 0.6 is 0 Å². The van der Waals surface area contributed by atoms with E-state index in [9.17, 15) is 0 Å². The van der Waals surface area contributed by atoms with Gasteiger partial charge in [-0.3, -0.25) is 5.10 Å². The van der Waals surface area contributed by atoms with Crippen molar-refractivity contribution in [3.05, 3.63) is 6.20 Å². The van der Waals surface area contributed by atoms with Crippen molar-refractivity contribution in [3.63, 3.8) is 0 Å². The molecule has 0 aliphatic heterocycles. The largest absolute Gasteiger partial charge is 0.287 e. The smallest absolute Gasteiger partial charge is 0.165 e. The minimum atomic E-state index is 1.08. The van der Waals surface area contributed by atoms with Crippen LogP contribution in [0.2, 0.25) is 0 Å². The van der Waals surface area contributed by atoms with Crippen LogP contribution < -0.4 is 11.1 Å². The molecule has 1 aromatic heterocycles. The second kappa shape index (κ2) is 1.45. The maximum Gasteiger partial charge on any atom is 0.165 e. The van der Waals surface area contributed by atoms with Crippen LogP contribution in [0.3, 0.4) is 0 Å². The Kier molecular flexibility index (Phi) is 0.929. The Morgan fingerprint density at radius 1 is 1.57 bits per heavy atom. The summed E-state index contributed by atoms with van der Waals surface area (Å²) in [5.74, 6) is 0. The van der Waals surface area contributed by atoms with Gasteiger partial charge < -0.3 is 0 Å². The zero-order valence-corrected chi connectivity index (χ0v) is 4.52. The van der Waals surface area contributed by atoms with Crippen molar-refractivity contribution < 1.29 is 0 Å². The Morgan fingerprint density at radius 3 is 2.43 bits per heavy atom. The second-order valence-electron chi connectivity index (χ2n) is 1.65. The average molecular weight is 91.7 g/mol. The monoisotopic (exact) mass is 92.1 g/mol. The van der Waals surface area contributed by atoms with Crippen LogP contribution in [0.15, 0.2) is 6.20 Å². The molecule has 1 N–H and O–H groups in total. The Balaban J connectivity index is 3.12. The van der Waals surface area contributed by atoms with Crippen molar-refractivity contribution in [2.45, 2.75) is 0 Å². The van der Waals surface area contributed by atoms with Crippen molar-refractivity contribution in [2.75, 3.05) is 0 Å². The quantitative estimate of drug-likeness (QED) is 0.338. The molecule has 1 heterocycles. The van der Waals surface area contributed by atoms with Gasteiger partial charge in [0, 0.05) is 11.8 Å². The lowest BCUT2D eigenvalue weighted by Crippen LogP contribution is -2.22. The highest BCUT2D eigenvalue weighted by atomic mass is 15.1. The molecule has 0 aromatic carbocycles. The zero-order valence-electron chi connectivity index (χ0n) is 4.52. The fourth-order valence-corrected chi connectivity index (χ4v) is 0.419. The van der Waals surface area contributed by atoms with E-state index in [2.05, 4.69) is 10.2 Å². The number of H-pyrrole nitrogens is 1. The van der Waals surface area contributed by atoms with E-state index < -0.39 is 0 Å². The molecule has 0 amide bonds. The van der Waals surface area contributed by atoms with Gasteiger partial charge in [0.25, 0.3) is 0 Å². The summed E-state index contributed by atoms with van der Waals surface area (Å²) in [5.41, 5.74) is 2.31. The first-order valence-electron chi connectivity index (χ1n) is 2.27. The molecule has 0 fully saturated rings. The van der Waals surface area contributed by atoms with E-state index in [0.29, 0.717) is 0 Å². The minimum Gasteiger partial charge on any atom is -0.287 e. The van der Waals surface area contributed by atoms with E-state index in [1.165, 1.54) is 5.46 Å². The maximum absolute atomic E-state index is 3.89. The van der Waals surface area contributed by atoms with Gasteiger partial charge in [0.1, 0.15) is 7.85 Å². The first-order valence-corrected chi connectivity index (χ1v) is 2.27. The Bertz CT molecular complexity index is 143. The third-order valence-corrected chi connectivity index (χ3v) is 1.08. The SMILES string of the molecule is Bc1c[nH]nc1B. The van der Waals surface area contributed by atoms with E-state index in [1.807, 2.05) is 21.9 Å². The Morgan fingerprint density at radius 2 is 2.29 bits per heavy atom. The van der Waals surface area contributed by atoms with E-state index in [-0.39, 0.29) is 0 Å². The van der Waals surface area contributed by atoms with Crippen molar-refractivity contribution in [3.8, 4) is 0 Å². The van der Waals surface area contributed by atoms with Crippen molar-refractivity contribution in [1.29, 1.82) is 0 Å². The molecule has 0 aliphatic rings. The molecule has 0 atom stereocenters. The highest BCUT2D eigenvalue weighted by Crippen LogP contribution is 1.55. The molecule has 4 heteroatoms. The van der Waals surface area contributed by atoms with Gasteiger partial charge in [0.15, 0.2) is 7.85 Å². The number of hydrogen-bond donors (Lipinski definition) is 1. The lowest BCUT2D eigenvalue weighted by Gasteiger charge is -1.76. The van der Waals surface area contributed by atoms with Gasteiger partial charge in [-0.2, -0.15) is 5.10 Å². The van der Waals surface area contributed by atoms with Gasteiger partial charge in [0.05, 0.1) is 0 Å². The number of rotatable bonds is 0. The van der Waals surface area contributed by atoms with Crippen LogP contribution in [0.5, 0.6) is 0 Å². The predicted octanol–water partition coefficient (Wildman–Crippen LogP) is -3.07. The predicted molar refractivity (Wildman–Crippen MR) is 34.9 cm³/mol. The topological polar surface area (TPSA) is 28.7 Å². The number of aromatic nitrogens is 2. The highest BCUT2D eigenvalue weighted by molar-refractivity contribution is 6.47. The number of aromatic amines is 1. The van der Waals surface area contributed by atoms with Crippen LogP contribution in [-0.2, 0) is 0 Å². The van der Waals surface area contributed by atoms with Gasteiger partial charge in [0.2, 0.25) is 0 Å². The number of nitrogens with one attached hydrogen (secondary N) is 1. The Hall–Kier alpha value is -0.660. The standard InChI is InChI=1S/C3H6B2N2/c4-2-1-6-7-3(2)5/h1H,4-5H2,(H,6,7). The third-order valence-electron chi connectivity index (χ3n) is 1.08. The summed E-state index contributed by atoms with van der Waals surface area (Å²) >= 11 is 0. The van der Waals surface area contributed by atoms with E-state index in [1.54, 1.807) is 0 Å². The van der Waals surface area contributed by atoms with Crippen LogP contribution in [0.25, 0.3) is 0 Å². The summed E-state index contributed by atoms with van der Waals surface area (Å²) in [7, 11) is 4.00. The highest BCUT2D eigenvalue weighted by Gasteiger charge is 1.88. The number of hydrogen-bond acceptors (Lipinski definition) is 1. The molecular formula is C3H6B2N2. The fourth-order valence-electron chi connectivity index (χ4n) is 0.419. The lowest BCUT2D eigenvalue weighted by atomic mass is 9.88. The second-order valence-corrected chi connectivity index (χ2v) is 1.65.